The molecule has 0 aromatic heterocycles. The van der Waals surface area contributed by atoms with Gasteiger partial charge in [-0.15, -0.1) is 0 Å². The Hall–Kier alpha value is -0.900. The molecule has 4 nitrogen and oxygen atoms in total. The van der Waals surface area contributed by atoms with Gasteiger partial charge in [-0.1, -0.05) is 13.8 Å². The molecule has 0 aliphatic rings. The molecule has 13 heavy (non-hydrogen) atoms. The molecule has 78 valence electrons. The van der Waals surface area contributed by atoms with Crippen LogP contribution in [0.15, 0.2) is 0 Å². The van der Waals surface area contributed by atoms with Crippen molar-refractivity contribution in [1.82, 2.24) is 10.6 Å². The largest absolute Gasteiger partial charge is 0.345 e. The first-order valence-electron chi connectivity index (χ1n) is 4.52. The number of carbonyl (C=O) groups excluding carboxylic acids is 2. The molecule has 1 atom stereocenters. The van der Waals surface area contributed by atoms with E-state index in [1.54, 1.807) is 14.0 Å². The van der Waals surface area contributed by atoms with Crippen molar-refractivity contribution >= 4 is 11.7 Å². The van der Waals surface area contributed by atoms with Gasteiger partial charge in [0, 0.05) is 0 Å². The lowest BCUT2D eigenvalue weighted by molar-refractivity contribution is -0.125. The molecule has 0 spiro atoms. The quantitative estimate of drug-likeness (QED) is 0.668. The highest BCUT2D eigenvalue weighted by Gasteiger charge is 2.09. The van der Waals surface area contributed by atoms with Crippen molar-refractivity contribution in [2.24, 2.45) is 0 Å². The number of amides is 1. The van der Waals surface area contributed by atoms with Crippen molar-refractivity contribution in [3.63, 3.8) is 0 Å². The van der Waals surface area contributed by atoms with Crippen LogP contribution in [0.25, 0.3) is 0 Å². The van der Waals surface area contributed by atoms with E-state index in [0.717, 1.165) is 0 Å². The van der Waals surface area contributed by atoms with Crippen LogP contribution in [0.4, 0.5) is 0 Å². The second kappa shape index (κ2) is 9.19. The maximum Gasteiger partial charge on any atom is 0.234 e. The highest BCUT2D eigenvalue weighted by molar-refractivity contribution is 5.87. The molecule has 1 amide bonds. The zero-order valence-corrected chi connectivity index (χ0v) is 9.10. The Bertz CT molecular complexity index is 158. The summed E-state index contributed by atoms with van der Waals surface area (Å²) in [5.41, 5.74) is 0. The summed E-state index contributed by atoms with van der Waals surface area (Å²) in [6.07, 6.45) is 0. The molecule has 0 radical (unpaired) electrons. The minimum absolute atomic E-state index is 0.0329. The zero-order valence-electron chi connectivity index (χ0n) is 9.10. The molecule has 0 saturated heterocycles. The predicted octanol–water partition coefficient (Wildman–Crippen LogP) is 0.326. The molecule has 0 aromatic rings. The molecular weight excluding hydrogens is 168 g/mol. The smallest absolute Gasteiger partial charge is 0.234 e. The summed E-state index contributed by atoms with van der Waals surface area (Å²) in [6, 6.07) is -0.379. The van der Waals surface area contributed by atoms with Crippen LogP contribution in [0.3, 0.4) is 0 Å². The van der Waals surface area contributed by atoms with Crippen LogP contribution in [-0.4, -0.2) is 31.3 Å². The third-order valence-electron chi connectivity index (χ3n) is 1.32. The van der Waals surface area contributed by atoms with Crippen LogP contribution < -0.4 is 10.6 Å². The van der Waals surface area contributed by atoms with Gasteiger partial charge in [0.05, 0.1) is 12.6 Å². The molecule has 2 N–H and O–H groups in total. The SMILES string of the molecule is CC.CNCC(=O)NC(C)C(C)=O. The van der Waals surface area contributed by atoms with Gasteiger partial charge in [-0.2, -0.15) is 0 Å². The van der Waals surface area contributed by atoms with Gasteiger partial charge >= 0.3 is 0 Å². The summed E-state index contributed by atoms with van der Waals surface area (Å²) in [5, 5.41) is 5.22. The summed E-state index contributed by atoms with van der Waals surface area (Å²) >= 11 is 0. The normalized spacial score (nSPS) is 10.8. The van der Waals surface area contributed by atoms with Gasteiger partial charge in [0.1, 0.15) is 0 Å². The van der Waals surface area contributed by atoms with E-state index in [9.17, 15) is 9.59 Å². The van der Waals surface area contributed by atoms with Gasteiger partial charge in [-0.3, -0.25) is 9.59 Å². The third-order valence-corrected chi connectivity index (χ3v) is 1.32. The van der Waals surface area contributed by atoms with E-state index < -0.39 is 0 Å². The van der Waals surface area contributed by atoms with Crippen molar-refractivity contribution < 1.29 is 9.59 Å². The Balaban J connectivity index is 0. The van der Waals surface area contributed by atoms with Crippen LogP contribution in [0.1, 0.15) is 27.7 Å². The maximum absolute atomic E-state index is 10.8. The number of ketones is 1. The van der Waals surface area contributed by atoms with Gasteiger partial charge < -0.3 is 10.6 Å². The minimum atomic E-state index is -0.379. The number of Topliss-reactive ketones (excluding diaryl/α,β-unsaturated/α-hetero) is 1. The summed E-state index contributed by atoms with van der Waals surface area (Å²) < 4.78 is 0. The second-order valence-electron chi connectivity index (χ2n) is 2.43. The number of likely N-dealkylation sites (N-methyl/N-ethyl adjacent to an activating group) is 1. The monoisotopic (exact) mass is 188 g/mol. The molecule has 0 aliphatic carbocycles. The molecule has 0 bridgehead atoms. The Morgan fingerprint density at radius 2 is 1.77 bits per heavy atom. The molecule has 0 aromatic carbocycles. The van der Waals surface area contributed by atoms with E-state index in [1.165, 1.54) is 6.92 Å². The third kappa shape index (κ3) is 9.01. The van der Waals surface area contributed by atoms with Crippen molar-refractivity contribution in [1.29, 1.82) is 0 Å². The standard InChI is InChI=1S/C7H14N2O2.C2H6/c1-5(6(2)10)9-7(11)4-8-3;1-2/h5,8H,4H2,1-3H3,(H,9,11);1-2H3. The Morgan fingerprint density at radius 3 is 2.08 bits per heavy atom. The summed E-state index contributed by atoms with van der Waals surface area (Å²) in [5.74, 6) is -0.190. The highest BCUT2D eigenvalue weighted by atomic mass is 16.2. The second-order valence-corrected chi connectivity index (χ2v) is 2.43. The number of hydrogen-bond acceptors (Lipinski definition) is 3. The Labute approximate surface area is 80.1 Å². The maximum atomic E-state index is 10.8. The first-order valence-corrected chi connectivity index (χ1v) is 4.52. The number of carbonyl (C=O) groups is 2. The first kappa shape index (κ1) is 14.6. The fourth-order valence-electron chi connectivity index (χ4n) is 0.555. The van der Waals surface area contributed by atoms with Crippen LogP contribution in [-0.2, 0) is 9.59 Å². The highest BCUT2D eigenvalue weighted by Crippen LogP contribution is 1.81. The van der Waals surface area contributed by atoms with Crippen LogP contribution in [0.5, 0.6) is 0 Å². The van der Waals surface area contributed by atoms with E-state index in [-0.39, 0.29) is 24.3 Å². The molecule has 1 unspecified atom stereocenters. The van der Waals surface area contributed by atoms with E-state index >= 15 is 0 Å². The van der Waals surface area contributed by atoms with Crippen molar-refractivity contribution in [2.75, 3.05) is 13.6 Å². The zero-order chi connectivity index (χ0) is 10.9. The first-order chi connectivity index (χ1) is 6.07. The van der Waals surface area contributed by atoms with Gasteiger partial charge in [-0.05, 0) is 20.9 Å². The Morgan fingerprint density at radius 1 is 1.31 bits per heavy atom. The summed E-state index contributed by atoms with van der Waals surface area (Å²) in [4.78, 5) is 21.5. The lowest BCUT2D eigenvalue weighted by Crippen LogP contribution is -2.41. The van der Waals surface area contributed by atoms with Gasteiger partial charge in [0.25, 0.3) is 0 Å². The van der Waals surface area contributed by atoms with Crippen LogP contribution in [0, 0.1) is 0 Å². The van der Waals surface area contributed by atoms with Crippen molar-refractivity contribution in [3.8, 4) is 0 Å². The average Bonchev–Trinajstić information content (AvgIpc) is 2.08. The van der Waals surface area contributed by atoms with Crippen molar-refractivity contribution in [2.45, 2.75) is 33.7 Å². The van der Waals surface area contributed by atoms with Gasteiger partial charge in [0.2, 0.25) is 5.91 Å². The summed E-state index contributed by atoms with van der Waals surface area (Å²) in [7, 11) is 1.68. The lowest BCUT2D eigenvalue weighted by Gasteiger charge is -2.09. The predicted molar refractivity (Wildman–Crippen MR) is 53.6 cm³/mol. The molecule has 0 saturated carbocycles. The molecule has 4 heteroatoms. The lowest BCUT2D eigenvalue weighted by atomic mass is 10.2. The van der Waals surface area contributed by atoms with Gasteiger partial charge in [0.15, 0.2) is 5.78 Å². The molecule has 0 rings (SSSR count). The van der Waals surface area contributed by atoms with E-state index in [4.69, 9.17) is 0 Å². The molecule has 0 aliphatic heterocycles. The van der Waals surface area contributed by atoms with E-state index in [2.05, 4.69) is 10.6 Å². The average molecular weight is 188 g/mol. The number of rotatable bonds is 4. The van der Waals surface area contributed by atoms with E-state index in [0.29, 0.717) is 0 Å². The summed E-state index contributed by atoms with van der Waals surface area (Å²) in [6.45, 7) is 7.36. The fourth-order valence-corrected chi connectivity index (χ4v) is 0.555. The Kier molecular flexibility index (Phi) is 10.3. The molecular formula is C9H20N2O2. The topological polar surface area (TPSA) is 58.2 Å². The van der Waals surface area contributed by atoms with Crippen molar-refractivity contribution in [3.05, 3.63) is 0 Å². The van der Waals surface area contributed by atoms with Gasteiger partial charge in [-0.25, -0.2) is 0 Å². The molecule has 0 fully saturated rings. The molecule has 0 heterocycles. The van der Waals surface area contributed by atoms with Crippen LogP contribution >= 0.6 is 0 Å². The fraction of sp³-hybridized carbons (Fsp3) is 0.778. The van der Waals surface area contributed by atoms with E-state index in [1.807, 2.05) is 13.8 Å². The number of hydrogen-bond donors (Lipinski definition) is 2. The van der Waals surface area contributed by atoms with Crippen LogP contribution in [0.2, 0.25) is 0 Å². The minimum Gasteiger partial charge on any atom is -0.345 e. The number of nitrogens with one attached hydrogen (secondary N) is 2.